The topological polar surface area (TPSA) is 146 Å². The average Bonchev–Trinajstić information content (AvgIpc) is 3.39. The molecule has 3 heterocycles. The Kier molecular flexibility index (Phi) is 9.48. The van der Waals surface area contributed by atoms with E-state index < -0.39 is 35.6 Å². The van der Waals surface area contributed by atoms with Crippen LogP contribution in [0.1, 0.15) is 44.1 Å². The summed E-state index contributed by atoms with van der Waals surface area (Å²) < 4.78 is 86.6. The predicted molar refractivity (Wildman–Crippen MR) is 147 cm³/mol. The van der Waals surface area contributed by atoms with Gasteiger partial charge in [-0.15, -0.1) is 10.2 Å². The molecule has 0 aliphatic carbocycles. The first-order valence-electron chi connectivity index (χ1n) is 13.2. The monoisotopic (exact) mass is 655 g/mol. The molecule has 4 aromatic rings. The summed E-state index contributed by atoms with van der Waals surface area (Å²) in [5.74, 6) is -3.16. The first kappa shape index (κ1) is 33.6. The molecule has 2 aromatic heterocycles. The van der Waals surface area contributed by atoms with Gasteiger partial charge in [0.05, 0.1) is 23.4 Å². The van der Waals surface area contributed by atoms with Crippen LogP contribution < -0.4 is 10.9 Å². The van der Waals surface area contributed by atoms with Gasteiger partial charge < -0.3 is 15.3 Å². The number of aromatic nitrogens is 5. The van der Waals surface area contributed by atoms with Crippen molar-refractivity contribution in [2.24, 2.45) is 0 Å². The average molecular weight is 656 g/mol. The molecule has 2 aromatic carbocycles. The quantitative estimate of drug-likeness (QED) is 0.261. The molecule has 3 N–H and O–H groups in total. The van der Waals surface area contributed by atoms with Crippen molar-refractivity contribution in [1.29, 1.82) is 0 Å². The first-order chi connectivity index (χ1) is 21.5. The van der Waals surface area contributed by atoms with Gasteiger partial charge in [-0.25, -0.2) is 14.3 Å². The molecule has 0 unspecified atom stereocenters. The van der Waals surface area contributed by atoms with Gasteiger partial charge in [0.2, 0.25) is 5.95 Å². The second kappa shape index (κ2) is 13.0. The van der Waals surface area contributed by atoms with Crippen LogP contribution in [0.15, 0.2) is 47.3 Å². The number of aromatic amines is 1. The van der Waals surface area contributed by atoms with E-state index in [2.05, 4.69) is 25.7 Å². The maximum absolute atomic E-state index is 14.7. The Morgan fingerprint density at radius 1 is 0.978 bits per heavy atom. The Morgan fingerprint density at radius 3 is 2.24 bits per heavy atom. The third-order valence-corrected chi connectivity index (χ3v) is 7.01. The number of hydrogen-bond donors (Lipinski definition) is 3. The van der Waals surface area contributed by atoms with Gasteiger partial charge in [0.25, 0.3) is 11.5 Å². The zero-order valence-corrected chi connectivity index (χ0v) is 23.9. The van der Waals surface area contributed by atoms with Gasteiger partial charge in [-0.2, -0.15) is 31.4 Å². The first-order valence-corrected chi connectivity index (χ1v) is 13.2. The third kappa shape index (κ3) is 7.67. The number of alkyl halides is 6. The van der Waals surface area contributed by atoms with Gasteiger partial charge in [-0.1, -0.05) is 6.07 Å². The minimum Gasteiger partial charge on any atom is -0.475 e. The lowest BCUT2D eigenvalue weighted by Gasteiger charge is -2.28. The SMILES string of the molecule is Cc1c(Cc2ccc(F)c(C(=O)N3CCn4c(nnc4Nc4ccc(C(F)(F)F)cc4)C3)c2)n[nH]c(=O)c1C.O=C(O)C(F)(F)F. The highest BCUT2D eigenvalue weighted by atomic mass is 19.4. The second-order valence-corrected chi connectivity index (χ2v) is 10.1. The number of carboxylic acid groups (broad SMARTS) is 1. The number of nitrogens with zero attached hydrogens (tertiary/aromatic N) is 5. The van der Waals surface area contributed by atoms with E-state index in [1.165, 1.54) is 29.2 Å². The van der Waals surface area contributed by atoms with E-state index >= 15 is 0 Å². The van der Waals surface area contributed by atoms with Gasteiger partial charge >= 0.3 is 18.3 Å². The highest BCUT2D eigenvalue weighted by Crippen LogP contribution is 2.30. The third-order valence-electron chi connectivity index (χ3n) is 7.01. The van der Waals surface area contributed by atoms with Crippen molar-refractivity contribution >= 4 is 23.5 Å². The lowest BCUT2D eigenvalue weighted by Crippen LogP contribution is -2.39. The van der Waals surface area contributed by atoms with E-state index in [0.717, 1.165) is 17.7 Å². The molecule has 46 heavy (non-hydrogen) atoms. The molecule has 18 heteroatoms. The summed E-state index contributed by atoms with van der Waals surface area (Å²) in [6.45, 7) is 4.10. The minimum absolute atomic E-state index is 0.0734. The van der Waals surface area contributed by atoms with Crippen molar-refractivity contribution in [2.45, 2.75) is 45.7 Å². The number of hydrogen-bond acceptors (Lipinski definition) is 7. The van der Waals surface area contributed by atoms with Gasteiger partial charge in [-0.05, 0) is 61.4 Å². The van der Waals surface area contributed by atoms with Crippen molar-refractivity contribution in [1.82, 2.24) is 29.9 Å². The Balaban J connectivity index is 0.000000617. The van der Waals surface area contributed by atoms with Crippen molar-refractivity contribution in [3.63, 3.8) is 0 Å². The summed E-state index contributed by atoms with van der Waals surface area (Å²) in [4.78, 5) is 35.4. The molecule has 0 saturated heterocycles. The molecule has 0 atom stereocenters. The number of nitrogens with one attached hydrogen (secondary N) is 2. The maximum Gasteiger partial charge on any atom is 0.490 e. The number of H-pyrrole nitrogens is 1. The predicted octanol–water partition coefficient (Wildman–Crippen LogP) is 4.76. The highest BCUT2D eigenvalue weighted by Gasteiger charge is 2.38. The van der Waals surface area contributed by atoms with Crippen LogP contribution in [0.4, 0.5) is 42.4 Å². The van der Waals surface area contributed by atoms with E-state index in [4.69, 9.17) is 9.90 Å². The number of anilines is 2. The van der Waals surface area contributed by atoms with E-state index in [1.54, 1.807) is 24.5 Å². The van der Waals surface area contributed by atoms with Crippen molar-refractivity contribution in [2.75, 3.05) is 11.9 Å². The molecule has 11 nitrogen and oxygen atoms in total. The molecule has 0 radical (unpaired) electrons. The Morgan fingerprint density at radius 2 is 1.63 bits per heavy atom. The number of aliphatic carboxylic acids is 1. The van der Waals surface area contributed by atoms with Crippen molar-refractivity contribution in [3.8, 4) is 0 Å². The summed E-state index contributed by atoms with van der Waals surface area (Å²) in [7, 11) is 0. The molecule has 5 rings (SSSR count). The van der Waals surface area contributed by atoms with Crippen LogP contribution in [0.5, 0.6) is 0 Å². The Bertz CT molecular complexity index is 1820. The molecule has 0 fully saturated rings. The summed E-state index contributed by atoms with van der Waals surface area (Å²) >= 11 is 0. The second-order valence-electron chi connectivity index (χ2n) is 10.1. The van der Waals surface area contributed by atoms with E-state index in [0.29, 0.717) is 47.2 Å². The number of carbonyl (C=O) groups excluding carboxylic acids is 1. The Labute approximate surface area is 254 Å². The number of carbonyl (C=O) groups is 2. The van der Waals surface area contributed by atoms with Crippen LogP contribution in [0.2, 0.25) is 0 Å². The Hall–Kier alpha value is -5.29. The van der Waals surface area contributed by atoms with Crippen LogP contribution in [-0.4, -0.2) is 59.6 Å². The summed E-state index contributed by atoms with van der Waals surface area (Å²) in [5.41, 5.74) is 1.82. The lowest BCUT2D eigenvalue weighted by molar-refractivity contribution is -0.192. The number of amides is 1. The summed E-state index contributed by atoms with van der Waals surface area (Å²) in [5, 5.41) is 24.8. The van der Waals surface area contributed by atoms with E-state index in [9.17, 15) is 40.3 Å². The number of rotatable bonds is 5. The van der Waals surface area contributed by atoms with Gasteiger partial charge in [-0.3, -0.25) is 14.2 Å². The fourth-order valence-corrected chi connectivity index (χ4v) is 4.35. The summed E-state index contributed by atoms with van der Waals surface area (Å²) in [6, 6.07) is 8.81. The molecular formula is C28H24F7N7O4. The van der Waals surface area contributed by atoms with Crippen LogP contribution in [0.3, 0.4) is 0 Å². The molecule has 244 valence electrons. The summed E-state index contributed by atoms with van der Waals surface area (Å²) in [6.07, 6.45) is -9.21. The number of carboxylic acids is 1. The van der Waals surface area contributed by atoms with Gasteiger partial charge in [0.15, 0.2) is 5.82 Å². The number of benzene rings is 2. The molecule has 0 bridgehead atoms. The fourth-order valence-electron chi connectivity index (χ4n) is 4.35. The fraction of sp³-hybridized carbons (Fsp3) is 0.286. The molecular weight excluding hydrogens is 631 g/mol. The van der Waals surface area contributed by atoms with Crippen molar-refractivity contribution < 1.29 is 45.4 Å². The largest absolute Gasteiger partial charge is 0.490 e. The van der Waals surface area contributed by atoms with Gasteiger partial charge in [0, 0.05) is 30.8 Å². The molecule has 1 amide bonds. The lowest BCUT2D eigenvalue weighted by atomic mass is 10.0. The smallest absolute Gasteiger partial charge is 0.475 e. The number of halogens is 7. The van der Waals surface area contributed by atoms with Crippen molar-refractivity contribution in [3.05, 3.63) is 98.0 Å². The molecule has 1 aliphatic heterocycles. The zero-order valence-electron chi connectivity index (χ0n) is 23.9. The standard InChI is InChI=1S/C26H23F4N7O2.C2HF3O2/c1-14-15(2)23(38)34-32-21(14)12-16-3-8-20(27)19(11-16)24(39)36-9-10-37-22(13-36)33-35-25(37)31-18-6-4-17(5-7-18)26(28,29)30;3-2(4,5)1(6)7/h3-8,11H,9-10,12-13H2,1-2H3,(H,31,35)(H,34,38);(H,6,7). The minimum atomic E-state index is -5.08. The highest BCUT2D eigenvalue weighted by molar-refractivity contribution is 5.94. The molecule has 0 saturated carbocycles. The number of fused-ring (bicyclic) bond motifs is 1. The van der Waals surface area contributed by atoms with Crippen LogP contribution in [0.25, 0.3) is 0 Å². The van der Waals surface area contributed by atoms with Crippen LogP contribution in [0, 0.1) is 19.7 Å². The normalized spacial score (nSPS) is 13.0. The van der Waals surface area contributed by atoms with Crippen LogP contribution in [-0.2, 0) is 30.5 Å². The van der Waals surface area contributed by atoms with Gasteiger partial charge in [0.1, 0.15) is 5.82 Å². The van der Waals surface area contributed by atoms with Crippen LogP contribution >= 0.6 is 0 Å². The zero-order chi connectivity index (χ0) is 34.0. The molecule has 0 spiro atoms. The molecule has 1 aliphatic rings. The van der Waals surface area contributed by atoms with E-state index in [1.807, 2.05) is 0 Å². The maximum atomic E-state index is 14.7. The van der Waals surface area contributed by atoms with E-state index in [-0.39, 0.29) is 24.2 Å².